The highest BCUT2D eigenvalue weighted by Crippen LogP contribution is 2.20. The highest BCUT2D eigenvalue weighted by molar-refractivity contribution is 7.89. The summed E-state index contributed by atoms with van der Waals surface area (Å²) in [6, 6.07) is 1.02. The Kier molecular flexibility index (Phi) is 4.53. The summed E-state index contributed by atoms with van der Waals surface area (Å²) in [6.07, 6.45) is 1.91. The van der Waals surface area contributed by atoms with Gasteiger partial charge in [-0.15, -0.1) is 0 Å². The van der Waals surface area contributed by atoms with Crippen LogP contribution >= 0.6 is 0 Å². The summed E-state index contributed by atoms with van der Waals surface area (Å²) in [7, 11) is -3.64. The monoisotopic (exact) mass is 274 g/mol. The molecule has 102 valence electrons. The van der Waals surface area contributed by atoms with E-state index in [-0.39, 0.29) is 16.6 Å². The Balaban J connectivity index is 3.14. The van der Waals surface area contributed by atoms with Crippen LogP contribution in [0.1, 0.15) is 37.7 Å². The highest BCUT2D eigenvalue weighted by atomic mass is 32.2. The molecule has 1 aromatic heterocycles. The number of carbonyl (C=O) groups is 1. The molecule has 1 rings (SSSR count). The first-order valence-electron chi connectivity index (χ1n) is 5.78. The first-order valence-corrected chi connectivity index (χ1v) is 7.22. The number of nitrogens with one attached hydrogen (secondary N) is 1. The van der Waals surface area contributed by atoms with Gasteiger partial charge in [-0.3, -0.25) is 0 Å². The fourth-order valence-corrected chi connectivity index (χ4v) is 3.41. The maximum absolute atomic E-state index is 12.3. The number of aromatic amines is 1. The summed E-state index contributed by atoms with van der Waals surface area (Å²) < 4.78 is 26.0. The Labute approximate surface area is 107 Å². The largest absolute Gasteiger partial charge is 0.477 e. The van der Waals surface area contributed by atoms with E-state index >= 15 is 0 Å². The van der Waals surface area contributed by atoms with Crippen LogP contribution in [0, 0.1) is 0 Å². The van der Waals surface area contributed by atoms with Gasteiger partial charge in [0, 0.05) is 18.8 Å². The highest BCUT2D eigenvalue weighted by Gasteiger charge is 2.28. The summed E-state index contributed by atoms with van der Waals surface area (Å²) in [5, 5.41) is 8.78. The van der Waals surface area contributed by atoms with Crippen molar-refractivity contribution in [2.24, 2.45) is 0 Å². The number of aromatic nitrogens is 1. The number of carboxylic acid groups (broad SMARTS) is 1. The van der Waals surface area contributed by atoms with Crippen LogP contribution in [0.2, 0.25) is 0 Å². The van der Waals surface area contributed by atoms with E-state index in [0.29, 0.717) is 13.0 Å². The number of carboxylic acids is 1. The van der Waals surface area contributed by atoms with Crippen LogP contribution in [0.5, 0.6) is 0 Å². The zero-order valence-electron chi connectivity index (χ0n) is 10.7. The van der Waals surface area contributed by atoms with Gasteiger partial charge in [-0.1, -0.05) is 13.8 Å². The molecule has 2 N–H and O–H groups in total. The van der Waals surface area contributed by atoms with Crippen molar-refractivity contribution < 1.29 is 18.3 Å². The summed E-state index contributed by atoms with van der Waals surface area (Å²) in [5.74, 6) is -1.18. The number of aromatic carboxylic acids is 1. The number of rotatable bonds is 6. The molecular formula is C11H18N2O4S. The van der Waals surface area contributed by atoms with Gasteiger partial charge in [-0.25, -0.2) is 13.2 Å². The van der Waals surface area contributed by atoms with Gasteiger partial charge in [0.2, 0.25) is 10.0 Å². The predicted octanol–water partition coefficient (Wildman–Crippen LogP) is 1.52. The number of hydrogen-bond donors (Lipinski definition) is 2. The molecule has 0 radical (unpaired) electrons. The molecular weight excluding hydrogens is 256 g/mol. The number of nitrogens with zero attached hydrogens (tertiary/aromatic N) is 1. The summed E-state index contributed by atoms with van der Waals surface area (Å²) in [5.41, 5.74) is -0.131. The molecule has 1 unspecified atom stereocenters. The maximum Gasteiger partial charge on any atom is 0.352 e. The Morgan fingerprint density at radius 1 is 1.50 bits per heavy atom. The molecule has 0 aliphatic heterocycles. The van der Waals surface area contributed by atoms with Crippen molar-refractivity contribution in [2.45, 2.75) is 38.1 Å². The van der Waals surface area contributed by atoms with Crippen molar-refractivity contribution in [2.75, 3.05) is 6.54 Å². The van der Waals surface area contributed by atoms with Gasteiger partial charge in [0.25, 0.3) is 0 Å². The lowest BCUT2D eigenvalue weighted by Crippen LogP contribution is -2.37. The molecule has 0 saturated heterocycles. The molecule has 0 amide bonds. The zero-order valence-corrected chi connectivity index (χ0v) is 11.5. The molecule has 0 aliphatic carbocycles. The molecule has 18 heavy (non-hydrogen) atoms. The molecule has 1 heterocycles. The molecule has 7 heteroatoms. The fourth-order valence-electron chi connectivity index (χ4n) is 1.70. The normalized spacial score (nSPS) is 13.8. The van der Waals surface area contributed by atoms with Gasteiger partial charge in [-0.2, -0.15) is 4.31 Å². The maximum atomic E-state index is 12.3. The number of hydrogen-bond acceptors (Lipinski definition) is 3. The number of H-pyrrole nitrogens is 1. The third-order valence-electron chi connectivity index (χ3n) is 2.89. The molecule has 0 spiro atoms. The van der Waals surface area contributed by atoms with Gasteiger partial charge in [0.05, 0.1) is 0 Å². The van der Waals surface area contributed by atoms with Crippen molar-refractivity contribution in [1.29, 1.82) is 0 Å². The van der Waals surface area contributed by atoms with E-state index < -0.39 is 16.0 Å². The van der Waals surface area contributed by atoms with Gasteiger partial charge < -0.3 is 10.1 Å². The topological polar surface area (TPSA) is 90.5 Å². The van der Waals surface area contributed by atoms with Crippen molar-refractivity contribution in [1.82, 2.24) is 9.29 Å². The minimum absolute atomic E-state index is 0.0120. The van der Waals surface area contributed by atoms with Crippen LogP contribution in [0.15, 0.2) is 17.2 Å². The van der Waals surface area contributed by atoms with E-state index in [2.05, 4.69) is 4.98 Å². The average Bonchev–Trinajstić information content (AvgIpc) is 2.79. The molecule has 1 aromatic rings. The summed E-state index contributed by atoms with van der Waals surface area (Å²) in [6.45, 7) is 5.84. The van der Waals surface area contributed by atoms with E-state index in [1.807, 2.05) is 13.8 Å². The molecule has 0 fully saturated rings. The van der Waals surface area contributed by atoms with Gasteiger partial charge >= 0.3 is 5.97 Å². The second-order valence-electron chi connectivity index (χ2n) is 4.02. The van der Waals surface area contributed by atoms with E-state index in [4.69, 9.17) is 5.11 Å². The van der Waals surface area contributed by atoms with Crippen LogP contribution in [-0.4, -0.2) is 41.4 Å². The van der Waals surface area contributed by atoms with Crippen molar-refractivity contribution in [3.63, 3.8) is 0 Å². The van der Waals surface area contributed by atoms with Gasteiger partial charge in [-0.05, 0) is 19.4 Å². The van der Waals surface area contributed by atoms with E-state index in [1.54, 1.807) is 6.92 Å². The SMILES string of the molecule is CCC(C)N(CC)S(=O)(=O)c1c[nH]c(C(=O)O)c1. The Morgan fingerprint density at radius 3 is 2.50 bits per heavy atom. The number of sulfonamides is 1. The third kappa shape index (κ3) is 2.73. The Morgan fingerprint density at radius 2 is 2.11 bits per heavy atom. The lowest BCUT2D eigenvalue weighted by Gasteiger charge is -2.25. The lowest BCUT2D eigenvalue weighted by molar-refractivity contribution is 0.0691. The molecule has 6 nitrogen and oxygen atoms in total. The standard InChI is InChI=1S/C11H18N2O4S/c1-4-8(3)13(5-2)18(16,17)9-6-10(11(14)15)12-7-9/h6-8,12H,4-5H2,1-3H3,(H,14,15). The van der Waals surface area contributed by atoms with Crippen molar-refractivity contribution >= 4 is 16.0 Å². The first kappa shape index (κ1) is 14.7. The molecule has 0 bridgehead atoms. The molecule has 0 aliphatic rings. The Hall–Kier alpha value is -1.34. The van der Waals surface area contributed by atoms with Crippen LogP contribution in [0.4, 0.5) is 0 Å². The van der Waals surface area contributed by atoms with Crippen LogP contribution in [0.25, 0.3) is 0 Å². The minimum atomic E-state index is -3.64. The average molecular weight is 274 g/mol. The molecule has 0 saturated carbocycles. The lowest BCUT2D eigenvalue weighted by atomic mass is 10.3. The van der Waals surface area contributed by atoms with Gasteiger partial charge in [0.15, 0.2) is 0 Å². The van der Waals surface area contributed by atoms with Gasteiger partial charge in [0.1, 0.15) is 10.6 Å². The fraction of sp³-hybridized carbons (Fsp3) is 0.545. The molecule has 1 atom stereocenters. The smallest absolute Gasteiger partial charge is 0.352 e. The zero-order chi connectivity index (χ0) is 13.9. The summed E-state index contributed by atoms with van der Waals surface area (Å²) in [4.78, 5) is 13.2. The minimum Gasteiger partial charge on any atom is -0.477 e. The first-order chi connectivity index (χ1) is 8.34. The van der Waals surface area contributed by atoms with E-state index in [9.17, 15) is 13.2 Å². The van der Waals surface area contributed by atoms with Crippen molar-refractivity contribution in [3.8, 4) is 0 Å². The van der Waals surface area contributed by atoms with E-state index in [1.165, 1.54) is 10.5 Å². The van der Waals surface area contributed by atoms with Crippen LogP contribution < -0.4 is 0 Å². The molecule has 0 aromatic carbocycles. The third-order valence-corrected chi connectivity index (χ3v) is 4.95. The Bertz CT molecular complexity index is 521. The second kappa shape index (κ2) is 5.53. The second-order valence-corrected chi connectivity index (χ2v) is 5.91. The predicted molar refractivity (Wildman–Crippen MR) is 67.1 cm³/mol. The van der Waals surface area contributed by atoms with Crippen molar-refractivity contribution in [3.05, 3.63) is 18.0 Å². The van der Waals surface area contributed by atoms with Crippen LogP contribution in [-0.2, 0) is 10.0 Å². The quantitative estimate of drug-likeness (QED) is 0.823. The van der Waals surface area contributed by atoms with E-state index in [0.717, 1.165) is 6.07 Å². The summed E-state index contributed by atoms with van der Waals surface area (Å²) >= 11 is 0. The van der Waals surface area contributed by atoms with Crippen LogP contribution in [0.3, 0.4) is 0 Å².